The summed E-state index contributed by atoms with van der Waals surface area (Å²) in [6.45, 7) is 0. The summed E-state index contributed by atoms with van der Waals surface area (Å²) in [6, 6.07) is 6.79. The van der Waals surface area contributed by atoms with E-state index in [-0.39, 0.29) is 6.04 Å². The van der Waals surface area contributed by atoms with E-state index in [2.05, 4.69) is 10.4 Å². The summed E-state index contributed by atoms with van der Waals surface area (Å²) in [4.78, 5) is 4.02. The predicted molar refractivity (Wildman–Crippen MR) is 83.9 cm³/mol. The largest absolute Gasteiger partial charge is 0.383 e. The van der Waals surface area contributed by atoms with Gasteiger partial charge in [-0.05, 0) is 30.2 Å². The zero-order valence-electron chi connectivity index (χ0n) is 10.4. The second kappa shape index (κ2) is 6.61. The Kier molecular flexibility index (Phi) is 5.07. The van der Waals surface area contributed by atoms with Crippen LogP contribution in [0, 0.1) is 0 Å². The smallest absolute Gasteiger partial charge is 0.128 e. The number of nitrogens with one attached hydrogen (secondary N) is 1. The maximum Gasteiger partial charge on any atom is 0.128 e. The van der Waals surface area contributed by atoms with Crippen LogP contribution in [0.25, 0.3) is 0 Å². The molecule has 1 aromatic carbocycles. The maximum absolute atomic E-state index is 6.16. The number of anilines is 1. The Morgan fingerprint density at radius 2 is 1.90 bits per heavy atom. The molecule has 106 valence electrons. The lowest BCUT2D eigenvalue weighted by Gasteiger charge is -2.18. The monoisotopic (exact) mass is 330 g/mol. The number of nitrogens with zero attached hydrogens (tertiary/aromatic N) is 1. The molecule has 0 bridgehead atoms. The third-order valence-electron chi connectivity index (χ3n) is 2.93. The maximum atomic E-state index is 6.16. The summed E-state index contributed by atoms with van der Waals surface area (Å²) in [6.07, 6.45) is 2.03. The van der Waals surface area contributed by atoms with E-state index in [4.69, 9.17) is 46.4 Å². The van der Waals surface area contributed by atoms with Gasteiger partial charge >= 0.3 is 0 Å². The van der Waals surface area contributed by atoms with E-state index in [1.807, 2.05) is 6.07 Å². The van der Waals surface area contributed by atoms with E-state index in [1.165, 1.54) is 6.20 Å². The van der Waals surface area contributed by atoms with Crippen molar-refractivity contribution in [3.8, 4) is 0 Å². The first kappa shape index (κ1) is 15.4. The first-order chi connectivity index (χ1) is 9.51. The molecule has 0 amide bonds. The first-order valence-electron chi connectivity index (χ1n) is 5.82. The quantitative estimate of drug-likeness (QED) is 0.593. The van der Waals surface area contributed by atoms with Gasteiger partial charge in [-0.25, -0.2) is 4.98 Å². The molecule has 2 aromatic rings. The fourth-order valence-corrected chi connectivity index (χ4v) is 2.56. The molecule has 2 rings (SSSR count). The van der Waals surface area contributed by atoms with Gasteiger partial charge in [-0.3, -0.25) is 11.3 Å². The molecule has 0 aliphatic heterocycles. The van der Waals surface area contributed by atoms with Crippen LogP contribution in [-0.2, 0) is 6.42 Å². The molecule has 1 heterocycles. The van der Waals surface area contributed by atoms with Crippen molar-refractivity contribution in [2.45, 2.75) is 12.5 Å². The zero-order valence-corrected chi connectivity index (χ0v) is 12.7. The molecule has 0 radical (unpaired) electrons. The number of hydrogen-bond donors (Lipinski definition) is 3. The summed E-state index contributed by atoms with van der Waals surface area (Å²) >= 11 is 18.0. The van der Waals surface area contributed by atoms with E-state index in [0.717, 1.165) is 11.1 Å². The van der Waals surface area contributed by atoms with Crippen LogP contribution in [0.4, 0.5) is 5.82 Å². The minimum Gasteiger partial charge on any atom is -0.383 e. The molecule has 1 atom stereocenters. The fourth-order valence-electron chi connectivity index (χ4n) is 1.91. The minimum absolute atomic E-state index is 0.250. The Labute approximate surface area is 132 Å². The van der Waals surface area contributed by atoms with Crippen molar-refractivity contribution < 1.29 is 0 Å². The molecular formula is C13H13Cl3N4. The highest BCUT2D eigenvalue weighted by Gasteiger charge is 2.16. The molecule has 5 N–H and O–H groups in total. The Bertz CT molecular complexity index is 619. The Morgan fingerprint density at radius 3 is 2.55 bits per heavy atom. The number of pyridine rings is 1. The lowest BCUT2D eigenvalue weighted by Crippen LogP contribution is -2.30. The van der Waals surface area contributed by atoms with Gasteiger partial charge in [0, 0.05) is 21.8 Å². The average Bonchev–Trinajstić information content (AvgIpc) is 2.41. The van der Waals surface area contributed by atoms with Gasteiger partial charge in [0.15, 0.2) is 0 Å². The van der Waals surface area contributed by atoms with Crippen molar-refractivity contribution in [3.63, 3.8) is 0 Å². The van der Waals surface area contributed by atoms with E-state index in [0.29, 0.717) is 27.3 Å². The van der Waals surface area contributed by atoms with Crippen LogP contribution in [0.15, 0.2) is 30.5 Å². The lowest BCUT2D eigenvalue weighted by atomic mass is 10.00. The number of hydrogen-bond acceptors (Lipinski definition) is 4. The summed E-state index contributed by atoms with van der Waals surface area (Å²) < 4.78 is 0. The van der Waals surface area contributed by atoms with Gasteiger partial charge in [-0.1, -0.05) is 40.9 Å². The average molecular weight is 332 g/mol. The first-order valence-corrected chi connectivity index (χ1v) is 6.95. The number of aromatic nitrogens is 1. The molecule has 0 spiro atoms. The van der Waals surface area contributed by atoms with Crippen LogP contribution < -0.4 is 17.0 Å². The van der Waals surface area contributed by atoms with Crippen LogP contribution in [0.5, 0.6) is 0 Å². The van der Waals surface area contributed by atoms with Crippen LogP contribution >= 0.6 is 34.8 Å². The molecule has 7 heteroatoms. The van der Waals surface area contributed by atoms with Crippen molar-refractivity contribution in [1.82, 2.24) is 10.4 Å². The number of hydrazine groups is 1. The molecule has 1 aromatic heterocycles. The lowest BCUT2D eigenvalue weighted by molar-refractivity contribution is 0.552. The molecule has 0 saturated heterocycles. The highest BCUT2D eigenvalue weighted by molar-refractivity contribution is 6.35. The van der Waals surface area contributed by atoms with Gasteiger partial charge in [0.1, 0.15) is 5.82 Å². The van der Waals surface area contributed by atoms with Crippen molar-refractivity contribution in [1.29, 1.82) is 0 Å². The van der Waals surface area contributed by atoms with Gasteiger partial charge in [0.05, 0.1) is 11.1 Å². The third-order valence-corrected chi connectivity index (χ3v) is 3.73. The Morgan fingerprint density at radius 1 is 1.15 bits per heavy atom. The van der Waals surface area contributed by atoms with Crippen LogP contribution in [0.3, 0.4) is 0 Å². The van der Waals surface area contributed by atoms with Crippen LogP contribution in [0.1, 0.15) is 17.2 Å². The number of nitrogen functional groups attached to an aromatic ring is 1. The molecule has 0 saturated carbocycles. The molecule has 20 heavy (non-hydrogen) atoms. The second-order valence-corrected chi connectivity index (χ2v) is 5.57. The molecule has 0 aliphatic carbocycles. The van der Waals surface area contributed by atoms with Gasteiger partial charge in [-0.2, -0.15) is 0 Å². The normalized spacial score (nSPS) is 12.4. The van der Waals surface area contributed by atoms with Crippen LogP contribution in [0.2, 0.25) is 15.1 Å². The molecule has 0 aliphatic rings. The predicted octanol–water partition coefficient (Wildman–Crippen LogP) is 3.37. The topological polar surface area (TPSA) is 77.0 Å². The summed E-state index contributed by atoms with van der Waals surface area (Å²) in [7, 11) is 0. The van der Waals surface area contributed by atoms with E-state index in [9.17, 15) is 0 Å². The van der Waals surface area contributed by atoms with E-state index >= 15 is 0 Å². The number of rotatable bonds is 4. The van der Waals surface area contributed by atoms with E-state index in [1.54, 1.807) is 18.2 Å². The fraction of sp³-hybridized carbons (Fsp3) is 0.154. The third kappa shape index (κ3) is 3.53. The Hall–Kier alpha value is -1.04. The van der Waals surface area contributed by atoms with Crippen molar-refractivity contribution in [3.05, 3.63) is 56.7 Å². The zero-order chi connectivity index (χ0) is 14.7. The Balaban J connectivity index is 2.31. The molecule has 0 fully saturated rings. The highest BCUT2D eigenvalue weighted by Crippen LogP contribution is 2.28. The standard InChI is InChI=1S/C13H13Cl3N4/c14-8-2-1-7(11(16)5-8)3-12(20-18)10-4-9(15)6-19-13(10)17/h1-2,4-6,12,20H,3,18H2,(H2,17,19). The summed E-state index contributed by atoms with van der Waals surface area (Å²) in [5, 5.41) is 1.66. The molecule has 1 unspecified atom stereocenters. The minimum atomic E-state index is -0.250. The summed E-state index contributed by atoms with van der Waals surface area (Å²) in [5.41, 5.74) is 10.2. The molecule has 4 nitrogen and oxygen atoms in total. The second-order valence-electron chi connectivity index (χ2n) is 4.29. The van der Waals surface area contributed by atoms with Gasteiger partial charge in [0.25, 0.3) is 0 Å². The van der Waals surface area contributed by atoms with Gasteiger partial charge in [-0.15, -0.1) is 0 Å². The number of nitrogens with two attached hydrogens (primary N) is 2. The summed E-state index contributed by atoms with van der Waals surface area (Å²) in [5.74, 6) is 5.98. The van der Waals surface area contributed by atoms with Crippen LogP contribution in [-0.4, -0.2) is 4.98 Å². The van der Waals surface area contributed by atoms with Gasteiger partial charge in [0.2, 0.25) is 0 Å². The van der Waals surface area contributed by atoms with Crippen molar-refractivity contribution in [2.24, 2.45) is 5.84 Å². The highest BCUT2D eigenvalue weighted by atomic mass is 35.5. The SMILES string of the molecule is NNC(Cc1ccc(Cl)cc1Cl)c1cc(Cl)cnc1N. The van der Waals surface area contributed by atoms with Crippen molar-refractivity contribution in [2.75, 3.05) is 5.73 Å². The van der Waals surface area contributed by atoms with Crippen molar-refractivity contribution >= 4 is 40.6 Å². The number of halogens is 3. The molecular weight excluding hydrogens is 319 g/mol. The van der Waals surface area contributed by atoms with E-state index < -0.39 is 0 Å². The number of benzene rings is 1. The van der Waals surface area contributed by atoms with Gasteiger partial charge < -0.3 is 5.73 Å².